The molecule has 0 saturated carbocycles. The summed E-state index contributed by atoms with van der Waals surface area (Å²) in [5, 5.41) is 8.75. The Hall–Kier alpha value is -2.82. The Balaban J connectivity index is 1.53. The Kier molecular flexibility index (Phi) is 7.37. The van der Waals surface area contributed by atoms with Crippen LogP contribution in [0.25, 0.3) is 0 Å². The molecule has 0 radical (unpaired) electrons. The summed E-state index contributed by atoms with van der Waals surface area (Å²) in [6, 6.07) is -0.619. The second-order valence-electron chi connectivity index (χ2n) is 7.39. The quantitative estimate of drug-likeness (QED) is 0.664. The number of hydrogen-bond acceptors (Lipinski definition) is 4. The summed E-state index contributed by atoms with van der Waals surface area (Å²) >= 11 is 0. The molecule has 1 aliphatic carbocycles. The fourth-order valence-electron chi connectivity index (χ4n) is 3.52. The normalized spacial score (nSPS) is 19.5. The number of carbonyl (C=O) groups excluding carboxylic acids is 2. The first-order valence-corrected chi connectivity index (χ1v) is 10.3. The van der Waals surface area contributed by atoms with Gasteiger partial charge >= 0.3 is 12.2 Å². The summed E-state index contributed by atoms with van der Waals surface area (Å²) in [4.78, 5) is 28.5. The Labute approximate surface area is 178 Å². The van der Waals surface area contributed by atoms with E-state index in [1.807, 2.05) is 6.08 Å². The molecule has 2 heterocycles. The number of halogens is 3. The zero-order valence-electron chi connectivity index (χ0n) is 17.4. The molecular formula is C20H27F3N6O2. The Morgan fingerprint density at radius 2 is 1.84 bits per heavy atom. The maximum absolute atomic E-state index is 13.4. The summed E-state index contributed by atoms with van der Waals surface area (Å²) < 4.78 is 41.3. The minimum atomic E-state index is -4.75. The number of alkyl halides is 3. The predicted molar refractivity (Wildman–Crippen MR) is 109 cm³/mol. The monoisotopic (exact) mass is 440 g/mol. The van der Waals surface area contributed by atoms with Gasteiger partial charge in [0.2, 0.25) is 0 Å². The molecular weight excluding hydrogens is 413 g/mol. The number of hydrogen-bond donors (Lipinski definition) is 2. The molecule has 1 unspecified atom stereocenters. The molecule has 1 aromatic heterocycles. The van der Waals surface area contributed by atoms with Crippen LogP contribution in [-0.2, 0) is 6.18 Å². The van der Waals surface area contributed by atoms with Crippen LogP contribution in [0.5, 0.6) is 0 Å². The summed E-state index contributed by atoms with van der Waals surface area (Å²) in [6.45, 7) is 5.96. The molecule has 3 rings (SSSR count). The van der Waals surface area contributed by atoms with Crippen molar-refractivity contribution in [2.24, 2.45) is 0 Å². The van der Waals surface area contributed by atoms with Gasteiger partial charge in [-0.3, -0.25) is 9.48 Å². The highest BCUT2D eigenvalue weighted by atomic mass is 19.4. The number of urea groups is 1. The molecule has 2 aliphatic rings. The van der Waals surface area contributed by atoms with Crippen LogP contribution in [0.2, 0.25) is 0 Å². The molecule has 3 amide bonds. The lowest BCUT2D eigenvalue weighted by Crippen LogP contribution is -2.52. The number of nitrogens with one attached hydrogen (secondary N) is 2. The van der Waals surface area contributed by atoms with E-state index in [2.05, 4.69) is 27.6 Å². The SMILES string of the molecule is CCN1CCN(C(=O)NCCNC(=O)c2cn(C3C=CC=CC3)nc2C(F)(F)F)CC1. The average molecular weight is 440 g/mol. The van der Waals surface area contributed by atoms with Crippen molar-refractivity contribution in [3.63, 3.8) is 0 Å². The van der Waals surface area contributed by atoms with Gasteiger partial charge in [-0.2, -0.15) is 18.3 Å². The minimum Gasteiger partial charge on any atom is -0.350 e. The maximum atomic E-state index is 13.4. The molecule has 2 N–H and O–H groups in total. The fourth-order valence-corrected chi connectivity index (χ4v) is 3.52. The number of piperazine rings is 1. The van der Waals surface area contributed by atoms with Crippen LogP contribution in [0.15, 0.2) is 30.5 Å². The molecule has 11 heteroatoms. The highest BCUT2D eigenvalue weighted by molar-refractivity contribution is 5.95. The van der Waals surface area contributed by atoms with E-state index < -0.39 is 23.3 Å². The van der Waals surface area contributed by atoms with Gasteiger partial charge in [0.05, 0.1) is 11.6 Å². The van der Waals surface area contributed by atoms with Crippen LogP contribution >= 0.6 is 0 Å². The minimum absolute atomic E-state index is 0.00798. The number of nitrogens with zero attached hydrogens (tertiary/aromatic N) is 4. The van der Waals surface area contributed by atoms with Crippen molar-refractivity contribution in [2.75, 3.05) is 45.8 Å². The molecule has 1 aliphatic heterocycles. The highest BCUT2D eigenvalue weighted by Crippen LogP contribution is 2.32. The molecule has 1 atom stereocenters. The first-order valence-electron chi connectivity index (χ1n) is 10.3. The van der Waals surface area contributed by atoms with Crippen LogP contribution in [0, 0.1) is 0 Å². The van der Waals surface area contributed by atoms with Gasteiger partial charge in [0, 0.05) is 45.5 Å². The average Bonchev–Trinajstić information content (AvgIpc) is 3.23. The van der Waals surface area contributed by atoms with Crippen LogP contribution in [0.4, 0.5) is 18.0 Å². The van der Waals surface area contributed by atoms with Crippen molar-refractivity contribution in [3.05, 3.63) is 41.8 Å². The number of carbonyl (C=O) groups is 2. The van der Waals surface area contributed by atoms with Gasteiger partial charge in [-0.25, -0.2) is 4.79 Å². The van der Waals surface area contributed by atoms with Crippen molar-refractivity contribution >= 4 is 11.9 Å². The van der Waals surface area contributed by atoms with Crippen molar-refractivity contribution in [1.29, 1.82) is 0 Å². The standard InChI is InChI=1S/C20H27F3N6O2/c1-2-27-10-12-28(13-11-27)19(31)25-9-8-24-18(30)16-14-29(15-6-4-3-5-7-15)26-17(16)20(21,22)23/h3-6,14-15H,2,7-13H2,1H3,(H,24,30)(H,25,31). The van der Waals surface area contributed by atoms with Crippen LogP contribution in [0.3, 0.4) is 0 Å². The molecule has 1 fully saturated rings. The van der Waals surface area contributed by atoms with Crippen molar-refractivity contribution in [1.82, 2.24) is 30.2 Å². The number of allylic oxidation sites excluding steroid dienone is 4. The molecule has 31 heavy (non-hydrogen) atoms. The predicted octanol–water partition coefficient (Wildman–Crippen LogP) is 2.04. The van der Waals surface area contributed by atoms with Gasteiger partial charge in [0.1, 0.15) is 0 Å². The van der Waals surface area contributed by atoms with E-state index in [1.165, 1.54) is 0 Å². The number of amides is 3. The molecule has 8 nitrogen and oxygen atoms in total. The van der Waals surface area contributed by atoms with Gasteiger partial charge in [0.15, 0.2) is 5.69 Å². The maximum Gasteiger partial charge on any atom is 0.435 e. The third-order valence-electron chi connectivity index (χ3n) is 5.34. The van der Waals surface area contributed by atoms with Crippen LogP contribution in [-0.4, -0.2) is 77.3 Å². The number of aromatic nitrogens is 2. The van der Waals surface area contributed by atoms with E-state index in [-0.39, 0.29) is 25.2 Å². The zero-order chi connectivity index (χ0) is 22.4. The van der Waals surface area contributed by atoms with Crippen molar-refractivity contribution in [3.8, 4) is 0 Å². The Morgan fingerprint density at radius 1 is 1.13 bits per heavy atom. The first-order chi connectivity index (χ1) is 14.8. The van der Waals surface area contributed by atoms with Crippen LogP contribution in [0.1, 0.15) is 35.4 Å². The largest absolute Gasteiger partial charge is 0.435 e. The van der Waals surface area contributed by atoms with Gasteiger partial charge in [-0.05, 0) is 13.0 Å². The lowest BCUT2D eigenvalue weighted by Gasteiger charge is -2.34. The fraction of sp³-hybridized carbons (Fsp3) is 0.550. The second-order valence-corrected chi connectivity index (χ2v) is 7.39. The lowest BCUT2D eigenvalue weighted by atomic mass is 10.1. The molecule has 0 spiro atoms. The summed E-state index contributed by atoms with van der Waals surface area (Å²) in [7, 11) is 0. The number of likely N-dealkylation sites (N-methyl/N-ethyl adjacent to an activating group) is 1. The highest BCUT2D eigenvalue weighted by Gasteiger charge is 2.39. The molecule has 0 bridgehead atoms. The van der Waals surface area contributed by atoms with E-state index >= 15 is 0 Å². The molecule has 170 valence electrons. The zero-order valence-corrected chi connectivity index (χ0v) is 17.4. The van der Waals surface area contributed by atoms with Gasteiger partial charge < -0.3 is 20.4 Å². The van der Waals surface area contributed by atoms with E-state index in [0.29, 0.717) is 19.5 Å². The van der Waals surface area contributed by atoms with Gasteiger partial charge in [-0.15, -0.1) is 0 Å². The number of rotatable bonds is 6. The lowest BCUT2D eigenvalue weighted by molar-refractivity contribution is -0.141. The Morgan fingerprint density at radius 3 is 2.45 bits per heavy atom. The third kappa shape index (κ3) is 5.87. The second kappa shape index (κ2) is 9.99. The van der Waals surface area contributed by atoms with E-state index in [4.69, 9.17) is 0 Å². The molecule has 1 saturated heterocycles. The summed E-state index contributed by atoms with van der Waals surface area (Å²) in [6.07, 6.45) is 3.95. The smallest absolute Gasteiger partial charge is 0.350 e. The third-order valence-corrected chi connectivity index (χ3v) is 5.34. The van der Waals surface area contributed by atoms with Crippen molar-refractivity contribution < 1.29 is 22.8 Å². The van der Waals surface area contributed by atoms with E-state index in [9.17, 15) is 22.8 Å². The Bertz CT molecular complexity index is 840. The molecule has 1 aromatic rings. The first kappa shape index (κ1) is 22.9. The van der Waals surface area contributed by atoms with Crippen molar-refractivity contribution in [2.45, 2.75) is 25.6 Å². The van der Waals surface area contributed by atoms with E-state index in [0.717, 1.165) is 30.5 Å². The molecule has 0 aromatic carbocycles. The van der Waals surface area contributed by atoms with Crippen LogP contribution < -0.4 is 10.6 Å². The topological polar surface area (TPSA) is 82.5 Å². The van der Waals surface area contributed by atoms with E-state index in [1.54, 1.807) is 23.1 Å². The van der Waals surface area contributed by atoms with Gasteiger partial charge in [0.25, 0.3) is 5.91 Å². The summed E-state index contributed by atoms with van der Waals surface area (Å²) in [5.41, 5.74) is -1.75. The summed E-state index contributed by atoms with van der Waals surface area (Å²) in [5.74, 6) is -0.875. The van der Waals surface area contributed by atoms with Gasteiger partial charge in [-0.1, -0.05) is 31.2 Å².